The average Bonchev–Trinajstić information content (AvgIpc) is 2.27. The molecule has 5 heteroatoms. The van der Waals surface area contributed by atoms with E-state index >= 15 is 0 Å². The van der Waals surface area contributed by atoms with Crippen molar-refractivity contribution in [3.63, 3.8) is 0 Å². The number of carboxylic acid groups (broad SMARTS) is 1. The van der Waals surface area contributed by atoms with Crippen molar-refractivity contribution in [1.82, 2.24) is 10.2 Å². The molecule has 1 unspecified atom stereocenters. The number of nitrogens with zero attached hydrogens (tertiary/aromatic N) is 1. The minimum Gasteiger partial charge on any atom is -0.478 e. The standard InChI is InChI=1S/C13H18N2O3/c1-9(8-15(2)3)14-12(16)10-6-4-5-7-11(10)13(17)18/h4-7,9H,8H2,1-3H3,(H,14,16)(H,17,18). The summed E-state index contributed by atoms with van der Waals surface area (Å²) < 4.78 is 0. The van der Waals surface area contributed by atoms with E-state index in [-0.39, 0.29) is 23.1 Å². The van der Waals surface area contributed by atoms with E-state index in [2.05, 4.69) is 5.32 Å². The Morgan fingerprint density at radius 3 is 2.33 bits per heavy atom. The number of benzene rings is 1. The Kier molecular flexibility index (Phi) is 4.85. The van der Waals surface area contributed by atoms with Crippen LogP contribution in [0.2, 0.25) is 0 Å². The summed E-state index contributed by atoms with van der Waals surface area (Å²) in [6.45, 7) is 2.57. The first-order valence-corrected chi connectivity index (χ1v) is 5.69. The normalized spacial score (nSPS) is 12.2. The van der Waals surface area contributed by atoms with Gasteiger partial charge in [0.25, 0.3) is 5.91 Å². The van der Waals surface area contributed by atoms with Crippen LogP contribution in [0.5, 0.6) is 0 Å². The van der Waals surface area contributed by atoms with Crippen LogP contribution in [0.1, 0.15) is 27.6 Å². The molecule has 0 heterocycles. The molecule has 0 saturated carbocycles. The Morgan fingerprint density at radius 2 is 1.83 bits per heavy atom. The van der Waals surface area contributed by atoms with Gasteiger partial charge in [0.2, 0.25) is 0 Å². The molecular weight excluding hydrogens is 232 g/mol. The van der Waals surface area contributed by atoms with Crippen LogP contribution < -0.4 is 5.32 Å². The summed E-state index contributed by atoms with van der Waals surface area (Å²) in [7, 11) is 3.82. The third-order valence-electron chi connectivity index (χ3n) is 2.42. The van der Waals surface area contributed by atoms with E-state index < -0.39 is 5.97 Å². The van der Waals surface area contributed by atoms with Gasteiger partial charge in [-0.15, -0.1) is 0 Å². The third kappa shape index (κ3) is 3.85. The Labute approximate surface area is 106 Å². The topological polar surface area (TPSA) is 69.6 Å². The Balaban J connectivity index is 2.81. The maximum atomic E-state index is 12.0. The lowest BCUT2D eigenvalue weighted by Crippen LogP contribution is -2.40. The van der Waals surface area contributed by atoms with E-state index in [0.29, 0.717) is 6.54 Å². The molecule has 1 amide bonds. The molecule has 0 bridgehead atoms. The molecule has 0 aliphatic rings. The number of likely N-dealkylation sites (N-methyl/N-ethyl adjacent to an activating group) is 1. The minimum absolute atomic E-state index is 0.0204. The number of amides is 1. The van der Waals surface area contributed by atoms with Gasteiger partial charge in [-0.25, -0.2) is 4.79 Å². The molecule has 0 aromatic heterocycles. The van der Waals surface area contributed by atoms with Crippen molar-refractivity contribution < 1.29 is 14.7 Å². The first kappa shape index (κ1) is 14.2. The summed E-state index contributed by atoms with van der Waals surface area (Å²) in [5.41, 5.74) is 0.211. The predicted molar refractivity (Wildman–Crippen MR) is 68.9 cm³/mol. The number of hydrogen-bond acceptors (Lipinski definition) is 3. The maximum absolute atomic E-state index is 12.0. The second-order valence-electron chi connectivity index (χ2n) is 4.49. The lowest BCUT2D eigenvalue weighted by molar-refractivity contribution is 0.0690. The summed E-state index contributed by atoms with van der Waals surface area (Å²) in [5, 5.41) is 11.8. The Bertz CT molecular complexity index is 444. The molecule has 98 valence electrons. The number of nitrogens with one attached hydrogen (secondary N) is 1. The lowest BCUT2D eigenvalue weighted by Gasteiger charge is -2.18. The fourth-order valence-electron chi connectivity index (χ4n) is 1.76. The fourth-order valence-corrected chi connectivity index (χ4v) is 1.76. The largest absolute Gasteiger partial charge is 0.478 e. The molecule has 1 rings (SSSR count). The fraction of sp³-hybridized carbons (Fsp3) is 0.385. The van der Waals surface area contributed by atoms with Gasteiger partial charge in [-0.1, -0.05) is 12.1 Å². The molecule has 0 saturated heterocycles. The zero-order chi connectivity index (χ0) is 13.7. The lowest BCUT2D eigenvalue weighted by atomic mass is 10.1. The van der Waals surface area contributed by atoms with Crippen LogP contribution in [0.3, 0.4) is 0 Å². The summed E-state index contributed by atoms with van der Waals surface area (Å²) in [6, 6.07) is 6.14. The van der Waals surface area contributed by atoms with Crippen molar-refractivity contribution in [1.29, 1.82) is 0 Å². The third-order valence-corrected chi connectivity index (χ3v) is 2.42. The first-order chi connectivity index (χ1) is 8.41. The van der Waals surface area contributed by atoms with Gasteiger partial charge in [0.1, 0.15) is 0 Å². The van der Waals surface area contributed by atoms with Crippen molar-refractivity contribution in [3.05, 3.63) is 35.4 Å². The molecule has 0 spiro atoms. The van der Waals surface area contributed by atoms with E-state index in [1.165, 1.54) is 12.1 Å². The number of aromatic carboxylic acids is 1. The second kappa shape index (κ2) is 6.16. The Morgan fingerprint density at radius 1 is 1.28 bits per heavy atom. The first-order valence-electron chi connectivity index (χ1n) is 5.69. The van der Waals surface area contributed by atoms with Gasteiger partial charge in [-0.2, -0.15) is 0 Å². The minimum atomic E-state index is -1.10. The van der Waals surface area contributed by atoms with Crippen LogP contribution >= 0.6 is 0 Å². The molecule has 0 aliphatic heterocycles. The zero-order valence-electron chi connectivity index (χ0n) is 10.8. The Hall–Kier alpha value is -1.88. The highest BCUT2D eigenvalue weighted by molar-refractivity contribution is 6.04. The van der Waals surface area contributed by atoms with Gasteiger partial charge >= 0.3 is 5.97 Å². The molecule has 1 atom stereocenters. The molecule has 5 nitrogen and oxygen atoms in total. The number of rotatable bonds is 5. The van der Waals surface area contributed by atoms with Gasteiger partial charge < -0.3 is 15.3 Å². The highest BCUT2D eigenvalue weighted by atomic mass is 16.4. The van der Waals surface area contributed by atoms with Crippen molar-refractivity contribution >= 4 is 11.9 Å². The molecule has 1 aromatic rings. The molecule has 18 heavy (non-hydrogen) atoms. The number of carbonyl (C=O) groups excluding carboxylic acids is 1. The summed E-state index contributed by atoms with van der Waals surface area (Å²) in [4.78, 5) is 24.9. The van der Waals surface area contributed by atoms with Gasteiger partial charge in [-0.05, 0) is 33.2 Å². The van der Waals surface area contributed by atoms with E-state index in [1.807, 2.05) is 25.9 Å². The second-order valence-corrected chi connectivity index (χ2v) is 4.49. The van der Waals surface area contributed by atoms with E-state index in [0.717, 1.165) is 0 Å². The van der Waals surface area contributed by atoms with Crippen LogP contribution in [-0.2, 0) is 0 Å². The van der Waals surface area contributed by atoms with Gasteiger partial charge in [0.15, 0.2) is 0 Å². The molecule has 1 aromatic carbocycles. The average molecular weight is 250 g/mol. The number of carbonyl (C=O) groups is 2. The van der Waals surface area contributed by atoms with Crippen molar-refractivity contribution in [2.24, 2.45) is 0 Å². The maximum Gasteiger partial charge on any atom is 0.336 e. The van der Waals surface area contributed by atoms with Crippen LogP contribution in [0.25, 0.3) is 0 Å². The number of carboxylic acids is 1. The molecule has 2 N–H and O–H groups in total. The summed E-state index contributed by atoms with van der Waals surface area (Å²) in [5.74, 6) is -1.46. The SMILES string of the molecule is CC(CN(C)C)NC(=O)c1ccccc1C(=O)O. The van der Waals surface area contributed by atoms with Gasteiger partial charge in [-0.3, -0.25) is 4.79 Å². The molecule has 0 radical (unpaired) electrons. The summed E-state index contributed by atoms with van der Waals surface area (Å²) >= 11 is 0. The number of hydrogen-bond donors (Lipinski definition) is 2. The van der Waals surface area contributed by atoms with Crippen LogP contribution in [0.15, 0.2) is 24.3 Å². The molecule has 0 aliphatic carbocycles. The van der Waals surface area contributed by atoms with E-state index in [9.17, 15) is 9.59 Å². The summed E-state index contributed by atoms with van der Waals surface area (Å²) in [6.07, 6.45) is 0. The highest BCUT2D eigenvalue weighted by Crippen LogP contribution is 2.08. The van der Waals surface area contributed by atoms with Crippen molar-refractivity contribution in [3.8, 4) is 0 Å². The van der Waals surface area contributed by atoms with E-state index in [4.69, 9.17) is 5.11 Å². The quantitative estimate of drug-likeness (QED) is 0.820. The van der Waals surface area contributed by atoms with Crippen LogP contribution in [-0.4, -0.2) is 48.6 Å². The smallest absolute Gasteiger partial charge is 0.336 e. The van der Waals surface area contributed by atoms with Gasteiger partial charge in [0.05, 0.1) is 11.1 Å². The monoisotopic (exact) mass is 250 g/mol. The predicted octanol–water partition coefficient (Wildman–Crippen LogP) is 1.06. The molecular formula is C13H18N2O3. The van der Waals surface area contributed by atoms with Crippen molar-refractivity contribution in [2.45, 2.75) is 13.0 Å². The van der Waals surface area contributed by atoms with Crippen LogP contribution in [0.4, 0.5) is 0 Å². The zero-order valence-corrected chi connectivity index (χ0v) is 10.8. The van der Waals surface area contributed by atoms with Crippen molar-refractivity contribution in [2.75, 3.05) is 20.6 Å². The highest BCUT2D eigenvalue weighted by Gasteiger charge is 2.17. The van der Waals surface area contributed by atoms with E-state index in [1.54, 1.807) is 12.1 Å². The van der Waals surface area contributed by atoms with Gasteiger partial charge in [0, 0.05) is 12.6 Å². The van der Waals surface area contributed by atoms with Crippen LogP contribution in [0, 0.1) is 0 Å². The molecule has 0 fully saturated rings.